The average molecular weight is 347 g/mol. The van der Waals surface area contributed by atoms with Gasteiger partial charge in [0.1, 0.15) is 5.82 Å². The van der Waals surface area contributed by atoms with E-state index in [-0.39, 0.29) is 22.5 Å². The number of sulfonamides is 1. The molecule has 0 bridgehead atoms. The van der Waals surface area contributed by atoms with Crippen LogP contribution in [-0.4, -0.2) is 55.5 Å². The molecule has 0 aromatic heterocycles. The Bertz CT molecular complexity index is 725. The number of hydrogen-bond donors (Lipinski definition) is 0. The fourth-order valence-corrected chi connectivity index (χ4v) is 4.54. The SMILES string of the molecule is CS(=O)(=O)N1C[C@H]2CCN(C(=O)c3cc(F)ccc3Cl)C[C@H]21. The molecule has 1 amide bonds. The molecule has 22 heavy (non-hydrogen) atoms. The number of nitrogens with zero attached hydrogens (tertiary/aromatic N) is 2. The highest BCUT2D eigenvalue weighted by Crippen LogP contribution is 2.35. The quantitative estimate of drug-likeness (QED) is 0.817. The number of likely N-dealkylation sites (tertiary alicyclic amines) is 1. The zero-order chi connectivity index (χ0) is 16.1. The van der Waals surface area contributed by atoms with Crippen molar-refractivity contribution in [2.75, 3.05) is 25.9 Å². The molecule has 0 aliphatic carbocycles. The van der Waals surface area contributed by atoms with E-state index in [1.54, 1.807) is 4.90 Å². The van der Waals surface area contributed by atoms with E-state index in [0.717, 1.165) is 12.5 Å². The molecule has 2 aliphatic heterocycles. The molecule has 0 N–H and O–H groups in total. The van der Waals surface area contributed by atoms with Crippen LogP contribution in [0.3, 0.4) is 0 Å². The van der Waals surface area contributed by atoms with Crippen LogP contribution in [0, 0.1) is 11.7 Å². The topological polar surface area (TPSA) is 57.7 Å². The number of carbonyl (C=O) groups is 1. The van der Waals surface area contributed by atoms with Crippen molar-refractivity contribution in [3.8, 4) is 0 Å². The van der Waals surface area contributed by atoms with Crippen molar-refractivity contribution in [3.63, 3.8) is 0 Å². The number of amides is 1. The lowest BCUT2D eigenvalue weighted by Crippen LogP contribution is -2.65. The first kappa shape index (κ1) is 15.7. The molecule has 1 aromatic carbocycles. The maximum Gasteiger partial charge on any atom is 0.255 e. The third-order valence-corrected chi connectivity index (χ3v) is 5.98. The summed E-state index contributed by atoms with van der Waals surface area (Å²) in [5, 5.41) is 0.196. The van der Waals surface area contributed by atoms with E-state index in [9.17, 15) is 17.6 Å². The van der Waals surface area contributed by atoms with Gasteiger partial charge in [-0.2, -0.15) is 4.31 Å². The predicted octanol–water partition coefficient (Wildman–Crippen LogP) is 1.58. The van der Waals surface area contributed by atoms with Gasteiger partial charge in [-0.1, -0.05) is 11.6 Å². The summed E-state index contributed by atoms with van der Waals surface area (Å²) in [6, 6.07) is 3.48. The Labute approximate surface area is 133 Å². The minimum absolute atomic E-state index is 0.116. The third kappa shape index (κ3) is 2.73. The monoisotopic (exact) mass is 346 g/mol. The van der Waals surface area contributed by atoms with Gasteiger partial charge in [0.05, 0.1) is 16.8 Å². The molecule has 0 spiro atoms. The van der Waals surface area contributed by atoms with Gasteiger partial charge >= 0.3 is 0 Å². The number of hydrogen-bond acceptors (Lipinski definition) is 3. The van der Waals surface area contributed by atoms with Gasteiger partial charge in [0.15, 0.2) is 0 Å². The van der Waals surface area contributed by atoms with Crippen LogP contribution in [0.4, 0.5) is 4.39 Å². The van der Waals surface area contributed by atoms with Gasteiger partial charge in [0, 0.05) is 25.7 Å². The van der Waals surface area contributed by atoms with Crippen LogP contribution < -0.4 is 0 Å². The molecule has 0 unspecified atom stereocenters. The van der Waals surface area contributed by atoms with Gasteiger partial charge in [0.25, 0.3) is 5.91 Å². The Morgan fingerprint density at radius 1 is 1.36 bits per heavy atom. The maximum absolute atomic E-state index is 13.3. The fourth-order valence-electron chi connectivity index (χ4n) is 3.15. The molecule has 2 saturated heterocycles. The zero-order valence-corrected chi connectivity index (χ0v) is 13.6. The number of carbonyl (C=O) groups excluding carboxylic acids is 1. The van der Waals surface area contributed by atoms with Crippen LogP contribution in [0.15, 0.2) is 18.2 Å². The first-order valence-corrected chi connectivity index (χ1v) is 9.21. The lowest BCUT2D eigenvalue weighted by atomic mass is 9.84. The van der Waals surface area contributed by atoms with Crippen LogP contribution in [0.2, 0.25) is 5.02 Å². The number of rotatable bonds is 2. The van der Waals surface area contributed by atoms with E-state index < -0.39 is 15.8 Å². The summed E-state index contributed by atoms with van der Waals surface area (Å²) in [7, 11) is -3.26. The molecular weight excluding hydrogens is 331 g/mol. The van der Waals surface area contributed by atoms with E-state index in [0.29, 0.717) is 25.6 Å². The second kappa shape index (κ2) is 5.47. The third-order valence-electron chi connectivity index (χ3n) is 4.38. The van der Waals surface area contributed by atoms with Gasteiger partial charge < -0.3 is 4.90 Å². The minimum Gasteiger partial charge on any atom is -0.337 e. The average Bonchev–Trinajstić information content (AvgIpc) is 2.40. The van der Waals surface area contributed by atoms with Crippen LogP contribution in [0.1, 0.15) is 16.8 Å². The highest BCUT2D eigenvalue weighted by Gasteiger charge is 2.47. The molecule has 8 heteroatoms. The molecular formula is C14H16ClFN2O3S. The molecule has 2 aliphatic rings. The molecule has 0 saturated carbocycles. The Morgan fingerprint density at radius 2 is 2.09 bits per heavy atom. The van der Waals surface area contributed by atoms with Crippen molar-refractivity contribution in [1.82, 2.24) is 9.21 Å². The highest BCUT2D eigenvalue weighted by molar-refractivity contribution is 7.88. The Kier molecular flexibility index (Phi) is 3.91. The molecule has 2 heterocycles. The number of piperidine rings is 1. The fraction of sp³-hybridized carbons (Fsp3) is 0.500. The number of benzene rings is 1. The molecule has 3 rings (SSSR count). The lowest BCUT2D eigenvalue weighted by Gasteiger charge is -2.51. The van der Waals surface area contributed by atoms with Crippen LogP contribution in [0.5, 0.6) is 0 Å². The van der Waals surface area contributed by atoms with Crippen molar-refractivity contribution in [2.45, 2.75) is 12.5 Å². The molecule has 5 nitrogen and oxygen atoms in total. The molecule has 1 aromatic rings. The first-order chi connectivity index (χ1) is 10.3. The highest BCUT2D eigenvalue weighted by atomic mass is 35.5. The summed E-state index contributed by atoms with van der Waals surface area (Å²) in [4.78, 5) is 14.1. The normalized spacial score (nSPS) is 25.5. The minimum atomic E-state index is -3.26. The Morgan fingerprint density at radius 3 is 2.77 bits per heavy atom. The molecule has 2 atom stereocenters. The summed E-state index contributed by atoms with van der Waals surface area (Å²) in [5.74, 6) is -0.589. The smallest absolute Gasteiger partial charge is 0.255 e. The van der Waals surface area contributed by atoms with Crippen molar-refractivity contribution in [3.05, 3.63) is 34.6 Å². The van der Waals surface area contributed by atoms with E-state index in [4.69, 9.17) is 11.6 Å². The van der Waals surface area contributed by atoms with E-state index in [1.165, 1.54) is 22.7 Å². The Hall–Kier alpha value is -1.18. The van der Waals surface area contributed by atoms with E-state index in [2.05, 4.69) is 0 Å². The zero-order valence-electron chi connectivity index (χ0n) is 12.0. The van der Waals surface area contributed by atoms with Crippen LogP contribution >= 0.6 is 11.6 Å². The second-order valence-corrected chi connectivity index (χ2v) is 8.17. The van der Waals surface area contributed by atoms with E-state index >= 15 is 0 Å². The molecule has 2 fully saturated rings. The predicted molar refractivity (Wildman–Crippen MR) is 80.8 cm³/mol. The molecule has 120 valence electrons. The van der Waals surface area contributed by atoms with Gasteiger partial charge in [0.2, 0.25) is 10.0 Å². The van der Waals surface area contributed by atoms with Gasteiger partial charge in [-0.25, -0.2) is 12.8 Å². The summed E-state index contributed by atoms with van der Waals surface area (Å²) in [5.41, 5.74) is 0.116. The van der Waals surface area contributed by atoms with Crippen LogP contribution in [0.25, 0.3) is 0 Å². The van der Waals surface area contributed by atoms with Gasteiger partial charge in [-0.15, -0.1) is 0 Å². The number of fused-ring (bicyclic) bond motifs is 1. The maximum atomic E-state index is 13.3. The second-order valence-electron chi connectivity index (χ2n) is 5.82. The number of halogens is 2. The Balaban J connectivity index is 1.79. The standard InChI is InChI=1S/C14H16ClFN2O3S/c1-22(20,21)18-7-9-4-5-17(8-13(9)18)14(19)11-6-10(16)2-3-12(11)15/h2-3,6,9,13H,4-5,7-8H2,1H3/t9-,13-/m1/s1. The van der Waals surface area contributed by atoms with Crippen molar-refractivity contribution in [1.29, 1.82) is 0 Å². The summed E-state index contributed by atoms with van der Waals surface area (Å²) in [6.07, 6.45) is 1.92. The van der Waals surface area contributed by atoms with Gasteiger partial charge in [-0.3, -0.25) is 4.79 Å². The largest absolute Gasteiger partial charge is 0.337 e. The van der Waals surface area contributed by atoms with E-state index in [1.807, 2.05) is 0 Å². The van der Waals surface area contributed by atoms with Crippen molar-refractivity contribution >= 4 is 27.5 Å². The lowest BCUT2D eigenvalue weighted by molar-refractivity contribution is 0.0141. The summed E-state index contributed by atoms with van der Waals surface area (Å²) in [6.45, 7) is 1.38. The first-order valence-electron chi connectivity index (χ1n) is 6.98. The van der Waals surface area contributed by atoms with Gasteiger partial charge in [-0.05, 0) is 30.5 Å². The molecule has 0 radical (unpaired) electrons. The summed E-state index contributed by atoms with van der Waals surface area (Å²) >= 11 is 5.97. The van der Waals surface area contributed by atoms with Crippen molar-refractivity contribution < 1.29 is 17.6 Å². The van der Waals surface area contributed by atoms with Crippen LogP contribution in [-0.2, 0) is 10.0 Å². The van der Waals surface area contributed by atoms with Crippen molar-refractivity contribution in [2.24, 2.45) is 5.92 Å². The summed E-state index contributed by atoms with van der Waals surface area (Å²) < 4.78 is 38.1.